The van der Waals surface area contributed by atoms with Gasteiger partial charge in [-0.1, -0.05) is 0 Å². The van der Waals surface area contributed by atoms with Gasteiger partial charge in [-0.3, -0.25) is 0 Å². The Balaban J connectivity index is 2.46. The molecule has 0 saturated heterocycles. The fourth-order valence-electron chi connectivity index (χ4n) is 1.25. The Labute approximate surface area is 97.3 Å². The van der Waals surface area contributed by atoms with Gasteiger partial charge in [0.2, 0.25) is 0 Å². The second-order valence-corrected chi connectivity index (χ2v) is 3.14. The van der Waals surface area contributed by atoms with Crippen LogP contribution in [0.4, 0.5) is 4.39 Å². The van der Waals surface area contributed by atoms with Crippen molar-refractivity contribution in [3.05, 3.63) is 30.1 Å². The fourth-order valence-corrected chi connectivity index (χ4v) is 1.25. The zero-order valence-electron chi connectivity index (χ0n) is 9.35. The van der Waals surface area contributed by atoms with E-state index in [0.29, 0.717) is 11.4 Å². The first kappa shape index (κ1) is 11.3. The van der Waals surface area contributed by atoms with Gasteiger partial charge >= 0.3 is 12.0 Å². The monoisotopic (exact) mass is 235 g/mol. The molecule has 0 atom stereocenters. The highest BCUT2D eigenvalue weighted by molar-refractivity contribution is 5.55. The maximum absolute atomic E-state index is 12.8. The Bertz CT molecular complexity index is 494. The minimum atomic E-state index is -0.318. The molecule has 0 N–H and O–H groups in total. The lowest BCUT2D eigenvalue weighted by molar-refractivity contribution is 0.341. The summed E-state index contributed by atoms with van der Waals surface area (Å²) in [6.45, 7) is 0. The van der Waals surface area contributed by atoms with Gasteiger partial charge in [0, 0.05) is 5.56 Å². The van der Waals surface area contributed by atoms with Crippen molar-refractivity contribution < 1.29 is 13.9 Å². The Kier molecular flexibility index (Phi) is 3.13. The van der Waals surface area contributed by atoms with Crippen LogP contribution in [0.2, 0.25) is 0 Å². The number of halogens is 1. The van der Waals surface area contributed by atoms with Gasteiger partial charge < -0.3 is 9.47 Å². The lowest BCUT2D eigenvalue weighted by Crippen LogP contribution is -2.00. The Hall–Kier alpha value is -2.24. The van der Waals surface area contributed by atoms with Gasteiger partial charge in [0.05, 0.1) is 14.2 Å². The van der Waals surface area contributed by atoms with Crippen molar-refractivity contribution in [2.24, 2.45) is 0 Å². The third-order valence-electron chi connectivity index (χ3n) is 2.06. The van der Waals surface area contributed by atoms with E-state index >= 15 is 0 Å². The minimum Gasteiger partial charge on any atom is -0.467 e. The maximum Gasteiger partial charge on any atom is 0.322 e. The number of hydrogen-bond acceptors (Lipinski definition) is 5. The Morgan fingerprint density at radius 3 is 1.88 bits per heavy atom. The van der Waals surface area contributed by atoms with Gasteiger partial charge in [0.25, 0.3) is 0 Å². The summed E-state index contributed by atoms with van der Waals surface area (Å²) in [5.41, 5.74) is 0.658. The van der Waals surface area contributed by atoms with E-state index in [-0.39, 0.29) is 17.8 Å². The van der Waals surface area contributed by atoms with E-state index in [4.69, 9.17) is 9.47 Å². The highest BCUT2D eigenvalue weighted by atomic mass is 19.1. The Morgan fingerprint density at radius 2 is 1.41 bits per heavy atom. The quantitative estimate of drug-likeness (QED) is 0.810. The summed E-state index contributed by atoms with van der Waals surface area (Å²) in [7, 11) is 2.90. The summed E-state index contributed by atoms with van der Waals surface area (Å²) in [5.74, 6) is 0.0513. The van der Waals surface area contributed by atoms with Crippen LogP contribution in [0.1, 0.15) is 0 Å². The van der Waals surface area contributed by atoms with Gasteiger partial charge in [0.1, 0.15) is 5.82 Å². The van der Waals surface area contributed by atoms with E-state index in [1.54, 1.807) is 12.1 Å². The molecule has 5 nitrogen and oxygen atoms in total. The first-order chi connectivity index (χ1) is 8.22. The van der Waals surface area contributed by atoms with Crippen LogP contribution in [0, 0.1) is 5.82 Å². The lowest BCUT2D eigenvalue weighted by atomic mass is 10.2. The lowest BCUT2D eigenvalue weighted by Gasteiger charge is -2.04. The van der Waals surface area contributed by atoms with Crippen molar-refractivity contribution in [1.29, 1.82) is 0 Å². The molecule has 0 radical (unpaired) electrons. The molecule has 0 saturated carbocycles. The normalized spacial score (nSPS) is 10.1. The molecule has 0 fully saturated rings. The molecule has 2 rings (SSSR count). The predicted molar refractivity (Wildman–Crippen MR) is 58.3 cm³/mol. The van der Waals surface area contributed by atoms with Gasteiger partial charge in [-0.15, -0.1) is 4.98 Å². The van der Waals surface area contributed by atoms with Crippen LogP contribution in [-0.4, -0.2) is 29.2 Å². The molecule has 88 valence electrons. The molecule has 2 aromatic rings. The number of methoxy groups -OCH3 is 2. The minimum absolute atomic E-state index is 0.149. The average Bonchev–Trinajstić information content (AvgIpc) is 2.39. The van der Waals surface area contributed by atoms with Crippen LogP contribution in [0.25, 0.3) is 11.4 Å². The van der Waals surface area contributed by atoms with Crippen molar-refractivity contribution in [1.82, 2.24) is 15.0 Å². The second kappa shape index (κ2) is 4.73. The summed E-state index contributed by atoms with van der Waals surface area (Å²) in [4.78, 5) is 12.0. The summed E-state index contributed by atoms with van der Waals surface area (Å²) in [6, 6.07) is 6.11. The fraction of sp³-hybridized carbons (Fsp3) is 0.182. The molecule has 0 spiro atoms. The molecule has 0 aliphatic heterocycles. The molecule has 17 heavy (non-hydrogen) atoms. The first-order valence-electron chi connectivity index (χ1n) is 4.83. The van der Waals surface area contributed by atoms with E-state index < -0.39 is 0 Å². The van der Waals surface area contributed by atoms with E-state index in [1.165, 1.54) is 26.4 Å². The number of hydrogen-bond donors (Lipinski definition) is 0. The number of benzene rings is 1. The van der Waals surface area contributed by atoms with Crippen LogP contribution in [0.5, 0.6) is 12.0 Å². The zero-order chi connectivity index (χ0) is 12.3. The number of nitrogens with zero attached hydrogens (tertiary/aromatic N) is 3. The third kappa shape index (κ3) is 2.47. The van der Waals surface area contributed by atoms with E-state index in [0.717, 1.165) is 0 Å². The van der Waals surface area contributed by atoms with Crippen LogP contribution < -0.4 is 9.47 Å². The summed E-state index contributed by atoms with van der Waals surface area (Å²) >= 11 is 0. The number of aromatic nitrogens is 3. The van der Waals surface area contributed by atoms with Gasteiger partial charge in [-0.2, -0.15) is 9.97 Å². The largest absolute Gasteiger partial charge is 0.467 e. The SMILES string of the molecule is COc1nc(OC)nc(-c2ccc(F)cc2)n1. The van der Waals surface area contributed by atoms with Crippen molar-refractivity contribution in [2.45, 2.75) is 0 Å². The first-order valence-corrected chi connectivity index (χ1v) is 4.83. The molecule has 0 bridgehead atoms. The Morgan fingerprint density at radius 1 is 0.882 bits per heavy atom. The predicted octanol–water partition coefficient (Wildman–Crippen LogP) is 1.69. The van der Waals surface area contributed by atoms with Crippen LogP contribution >= 0.6 is 0 Å². The van der Waals surface area contributed by atoms with Crippen molar-refractivity contribution in [2.75, 3.05) is 14.2 Å². The highest BCUT2D eigenvalue weighted by Gasteiger charge is 2.08. The van der Waals surface area contributed by atoms with Crippen LogP contribution in [0.15, 0.2) is 24.3 Å². The van der Waals surface area contributed by atoms with Crippen molar-refractivity contribution in [3.63, 3.8) is 0 Å². The highest BCUT2D eigenvalue weighted by Crippen LogP contribution is 2.19. The zero-order valence-corrected chi connectivity index (χ0v) is 9.35. The summed E-state index contributed by atoms with van der Waals surface area (Å²) in [5, 5.41) is 0. The average molecular weight is 235 g/mol. The van der Waals surface area contributed by atoms with Crippen molar-refractivity contribution in [3.8, 4) is 23.4 Å². The topological polar surface area (TPSA) is 57.1 Å². The molecule has 0 aliphatic carbocycles. The molecule has 0 amide bonds. The molecule has 1 aromatic carbocycles. The molecular formula is C11H10FN3O2. The molecule has 6 heteroatoms. The van der Waals surface area contributed by atoms with Gasteiger partial charge in [0.15, 0.2) is 5.82 Å². The molecule has 1 aromatic heterocycles. The van der Waals surface area contributed by atoms with E-state index in [2.05, 4.69) is 15.0 Å². The molecular weight excluding hydrogens is 225 g/mol. The van der Waals surface area contributed by atoms with Gasteiger partial charge in [-0.25, -0.2) is 4.39 Å². The van der Waals surface area contributed by atoms with E-state index in [1.807, 2.05) is 0 Å². The number of ether oxygens (including phenoxy) is 2. The second-order valence-electron chi connectivity index (χ2n) is 3.14. The van der Waals surface area contributed by atoms with Crippen LogP contribution in [-0.2, 0) is 0 Å². The van der Waals surface area contributed by atoms with E-state index in [9.17, 15) is 4.39 Å². The van der Waals surface area contributed by atoms with Gasteiger partial charge in [-0.05, 0) is 24.3 Å². The summed E-state index contributed by atoms with van der Waals surface area (Å²) in [6.07, 6.45) is 0. The molecule has 1 heterocycles. The maximum atomic E-state index is 12.8. The van der Waals surface area contributed by atoms with Crippen LogP contribution in [0.3, 0.4) is 0 Å². The smallest absolute Gasteiger partial charge is 0.322 e. The number of rotatable bonds is 3. The molecule has 0 aliphatic rings. The van der Waals surface area contributed by atoms with Crippen molar-refractivity contribution >= 4 is 0 Å². The standard InChI is InChI=1S/C11H10FN3O2/c1-16-10-13-9(14-11(15-10)17-2)7-3-5-8(12)6-4-7/h3-6H,1-2H3. The summed E-state index contributed by atoms with van der Waals surface area (Å²) < 4.78 is 22.6. The third-order valence-corrected chi connectivity index (χ3v) is 2.06. The molecule has 0 unspecified atom stereocenters.